The van der Waals surface area contributed by atoms with E-state index in [0.717, 1.165) is 54.1 Å². The van der Waals surface area contributed by atoms with Crippen LogP contribution >= 0.6 is 11.3 Å². The molecule has 63 heavy (non-hydrogen) atoms. The molecular weight excluding hydrogens is 789 g/mol. The van der Waals surface area contributed by atoms with Gasteiger partial charge in [-0.1, -0.05) is 152 Å². The van der Waals surface area contributed by atoms with Crippen molar-refractivity contribution in [2.45, 2.75) is 0 Å². The second-order valence-corrected chi connectivity index (χ2v) is 16.6. The van der Waals surface area contributed by atoms with Gasteiger partial charge in [-0.05, 0) is 87.9 Å². The van der Waals surface area contributed by atoms with Crippen molar-refractivity contribution in [2.24, 2.45) is 0 Å². The minimum Gasteiger partial charge on any atom is -0.456 e. The molecule has 0 bridgehead atoms. The Morgan fingerprint density at radius 3 is 1.89 bits per heavy atom. The van der Waals surface area contributed by atoms with Crippen molar-refractivity contribution in [1.82, 2.24) is 19.5 Å². The zero-order valence-electron chi connectivity index (χ0n) is 39.3. The first-order chi connectivity index (χ1) is 33.7. The molecule has 6 heteroatoms. The fourth-order valence-electron chi connectivity index (χ4n) is 8.84. The smallest absolute Gasteiger partial charge is 0.238 e. The zero-order valence-corrected chi connectivity index (χ0v) is 34.1. The lowest BCUT2D eigenvalue weighted by Crippen LogP contribution is -2.06. The number of thiophene rings is 1. The van der Waals surface area contributed by atoms with Crippen LogP contribution in [-0.2, 0) is 0 Å². The fraction of sp³-hybridized carbons (Fsp3) is 0. The van der Waals surface area contributed by atoms with Crippen molar-refractivity contribution >= 4 is 75.3 Å². The van der Waals surface area contributed by atoms with E-state index in [0.29, 0.717) is 16.7 Å². The highest BCUT2D eigenvalue weighted by atomic mass is 32.1. The van der Waals surface area contributed by atoms with E-state index < -0.39 is 0 Å². The molecule has 0 N–H and O–H groups in total. The van der Waals surface area contributed by atoms with Crippen molar-refractivity contribution in [1.29, 1.82) is 0 Å². The van der Waals surface area contributed by atoms with Crippen molar-refractivity contribution < 1.29 is 12.6 Å². The van der Waals surface area contributed by atoms with Gasteiger partial charge in [0.25, 0.3) is 0 Å². The number of hydrogen-bond donors (Lipinski definition) is 0. The summed E-state index contributed by atoms with van der Waals surface area (Å²) >= 11 is 1.72. The number of fused-ring (bicyclic) bond motifs is 9. The number of benzene rings is 9. The van der Waals surface area contributed by atoms with Crippen LogP contribution in [0.3, 0.4) is 0 Å². The number of hydrogen-bond acceptors (Lipinski definition) is 5. The third-order valence-corrected chi connectivity index (χ3v) is 12.9. The van der Waals surface area contributed by atoms with Crippen molar-refractivity contribution in [3.05, 3.63) is 206 Å². The largest absolute Gasteiger partial charge is 0.456 e. The Balaban J connectivity index is 1.08. The zero-order chi connectivity index (χ0) is 46.7. The van der Waals surface area contributed by atoms with Crippen LogP contribution in [0.25, 0.3) is 126 Å². The fourth-order valence-corrected chi connectivity index (χ4v) is 9.96. The lowest BCUT2D eigenvalue weighted by Gasteiger charge is -2.12. The van der Waals surface area contributed by atoms with Crippen LogP contribution in [0.5, 0.6) is 0 Å². The van der Waals surface area contributed by atoms with Crippen LogP contribution in [0.15, 0.2) is 211 Å². The van der Waals surface area contributed by atoms with Crippen molar-refractivity contribution in [3.63, 3.8) is 0 Å². The lowest BCUT2D eigenvalue weighted by molar-refractivity contribution is 0.669. The Labute approximate surface area is 374 Å². The van der Waals surface area contributed by atoms with E-state index in [2.05, 4.69) is 72.8 Å². The number of para-hydroxylation sites is 1. The van der Waals surface area contributed by atoms with E-state index in [1.165, 1.54) is 10.1 Å². The van der Waals surface area contributed by atoms with Gasteiger partial charge in [0.15, 0.2) is 11.6 Å². The summed E-state index contributed by atoms with van der Waals surface area (Å²) in [4.78, 5) is 15.4. The number of furan rings is 1. The van der Waals surface area contributed by atoms with E-state index in [1.807, 2.05) is 89.5 Å². The summed E-state index contributed by atoms with van der Waals surface area (Å²) in [5.41, 5.74) is 7.21. The van der Waals surface area contributed by atoms with Gasteiger partial charge in [-0.15, -0.1) is 11.3 Å². The predicted molar refractivity (Wildman–Crippen MR) is 262 cm³/mol. The predicted octanol–water partition coefficient (Wildman–Crippen LogP) is 15.6. The van der Waals surface area contributed by atoms with Crippen LogP contribution in [0.1, 0.15) is 8.22 Å². The van der Waals surface area contributed by atoms with E-state index in [1.54, 1.807) is 23.5 Å². The Morgan fingerprint density at radius 2 is 1.08 bits per heavy atom. The maximum atomic E-state index is 9.81. The molecule has 5 nitrogen and oxygen atoms in total. The Hall–Kier alpha value is -8.19. The molecule has 294 valence electrons. The molecule has 0 unspecified atom stereocenters. The first-order valence-corrected chi connectivity index (χ1v) is 21.4. The Kier molecular flexibility index (Phi) is 6.75. The minimum absolute atomic E-state index is 0.0112. The van der Waals surface area contributed by atoms with Gasteiger partial charge in [-0.2, -0.15) is 9.97 Å². The molecule has 9 aromatic carbocycles. The van der Waals surface area contributed by atoms with Gasteiger partial charge in [0.1, 0.15) is 11.2 Å². The van der Waals surface area contributed by atoms with Gasteiger partial charge in [0, 0.05) is 52.8 Å². The second kappa shape index (κ2) is 14.2. The standard InChI is InChI=1S/C57H34N4OS/c1-3-14-35(15-4-1)37-18-11-19-38(30-37)39-20-12-21-40(31-39)55-58-56(41-28-29-45-51(32-41)62-50-26-13-24-42(54(45)50)36-16-5-2-6-17-36)60-57(59-55)61-48-25-9-7-22-43(48)46-33-47-44-23-8-10-27-52(44)63-53(47)34-49(46)61/h1-34H/i13D,24D,26D,28D,29D,32D. The molecule has 0 aliphatic carbocycles. The normalized spacial score (nSPS) is 13.1. The summed E-state index contributed by atoms with van der Waals surface area (Å²) in [5, 5.41) is 4.68. The first kappa shape index (κ1) is 29.9. The molecule has 0 aliphatic rings. The van der Waals surface area contributed by atoms with Gasteiger partial charge in [-0.3, -0.25) is 4.57 Å². The van der Waals surface area contributed by atoms with Gasteiger partial charge in [-0.25, -0.2) is 4.98 Å². The average molecular weight is 829 g/mol. The third kappa shape index (κ3) is 5.87. The molecule has 13 aromatic rings. The van der Waals surface area contributed by atoms with Crippen LogP contribution in [0.2, 0.25) is 0 Å². The van der Waals surface area contributed by atoms with E-state index >= 15 is 0 Å². The summed E-state index contributed by atoms with van der Waals surface area (Å²) in [6.07, 6.45) is 0. The summed E-state index contributed by atoms with van der Waals surface area (Å²) in [6.45, 7) is 0. The van der Waals surface area contributed by atoms with Crippen LogP contribution in [-0.4, -0.2) is 19.5 Å². The first-order valence-electron chi connectivity index (χ1n) is 23.6. The quantitative estimate of drug-likeness (QED) is 0.168. The van der Waals surface area contributed by atoms with Crippen molar-refractivity contribution in [2.75, 3.05) is 0 Å². The molecule has 4 heterocycles. The van der Waals surface area contributed by atoms with Crippen LogP contribution in [0.4, 0.5) is 0 Å². The van der Waals surface area contributed by atoms with Crippen LogP contribution < -0.4 is 0 Å². The maximum absolute atomic E-state index is 9.81. The topological polar surface area (TPSA) is 56.7 Å². The van der Waals surface area contributed by atoms with Gasteiger partial charge >= 0.3 is 0 Å². The van der Waals surface area contributed by atoms with Gasteiger partial charge in [0.05, 0.1) is 19.3 Å². The van der Waals surface area contributed by atoms with E-state index in [9.17, 15) is 4.11 Å². The van der Waals surface area contributed by atoms with Gasteiger partial charge < -0.3 is 4.42 Å². The highest BCUT2D eigenvalue weighted by Crippen LogP contribution is 2.42. The highest BCUT2D eigenvalue weighted by Gasteiger charge is 2.21. The van der Waals surface area contributed by atoms with Crippen LogP contribution in [0, 0.1) is 0 Å². The monoisotopic (exact) mass is 828 g/mol. The summed E-state index contributed by atoms with van der Waals surface area (Å²) in [6, 6.07) is 54.7. The molecule has 4 aromatic heterocycles. The molecule has 0 atom stereocenters. The molecular formula is C57H34N4OS. The molecule has 13 rings (SSSR count). The second-order valence-electron chi connectivity index (χ2n) is 15.5. The SMILES string of the molecule is [2H]c1c([2H])c(-c2ccccc2)c2c(oc3c([2H])c(-c4nc(-c5cccc(-c6cccc(-c7ccccc7)c6)c5)nc(-n5c6ccccc6c6cc7c(cc65)sc5ccccc57)n4)c([2H])c([2H])c32)c1[2H]. The summed E-state index contributed by atoms with van der Waals surface area (Å²) < 4.78 is 66.4. The highest BCUT2D eigenvalue weighted by molar-refractivity contribution is 7.25. The number of rotatable bonds is 6. The molecule has 0 saturated heterocycles. The molecule has 0 saturated carbocycles. The summed E-state index contributed by atoms with van der Waals surface area (Å²) in [7, 11) is 0. The third-order valence-electron chi connectivity index (χ3n) is 11.8. The Morgan fingerprint density at radius 1 is 0.429 bits per heavy atom. The van der Waals surface area contributed by atoms with E-state index in [-0.39, 0.29) is 81.4 Å². The number of aromatic nitrogens is 4. The molecule has 0 spiro atoms. The van der Waals surface area contributed by atoms with Crippen molar-refractivity contribution in [3.8, 4) is 62.1 Å². The Bertz CT molecular complexity index is 4280. The number of nitrogens with zero attached hydrogens (tertiary/aromatic N) is 4. The van der Waals surface area contributed by atoms with E-state index in [4.69, 9.17) is 23.5 Å². The molecule has 0 radical (unpaired) electrons. The maximum Gasteiger partial charge on any atom is 0.238 e. The average Bonchev–Trinajstić information content (AvgIpc) is 4.07. The summed E-state index contributed by atoms with van der Waals surface area (Å²) in [5.74, 6) is 0.533. The lowest BCUT2D eigenvalue weighted by atomic mass is 9.98. The minimum atomic E-state index is -0.343. The molecule has 0 aliphatic heterocycles. The molecule has 0 amide bonds. The van der Waals surface area contributed by atoms with Gasteiger partial charge in [0.2, 0.25) is 5.95 Å². The molecule has 0 fully saturated rings.